The SMILES string of the molecule is CCCC(NC(C)CCN(C)C)C(=O)O. The van der Waals surface area contributed by atoms with Crippen LogP contribution in [-0.2, 0) is 4.79 Å². The molecule has 90 valence electrons. The fourth-order valence-electron chi connectivity index (χ4n) is 1.45. The summed E-state index contributed by atoms with van der Waals surface area (Å²) in [4.78, 5) is 13.0. The summed E-state index contributed by atoms with van der Waals surface area (Å²) in [5, 5.41) is 12.1. The molecule has 2 atom stereocenters. The van der Waals surface area contributed by atoms with Crippen LogP contribution in [0.25, 0.3) is 0 Å². The summed E-state index contributed by atoms with van der Waals surface area (Å²) in [7, 11) is 4.04. The van der Waals surface area contributed by atoms with E-state index in [0.29, 0.717) is 6.42 Å². The molecule has 2 N–H and O–H groups in total. The second-order valence-corrected chi connectivity index (χ2v) is 4.34. The Balaban J connectivity index is 3.88. The Labute approximate surface area is 92.7 Å². The summed E-state index contributed by atoms with van der Waals surface area (Å²) in [6, 6.07) is -0.146. The van der Waals surface area contributed by atoms with E-state index < -0.39 is 12.0 Å². The summed E-state index contributed by atoms with van der Waals surface area (Å²) in [6.45, 7) is 5.02. The minimum Gasteiger partial charge on any atom is -0.480 e. The zero-order valence-electron chi connectivity index (χ0n) is 10.3. The van der Waals surface area contributed by atoms with Gasteiger partial charge >= 0.3 is 5.97 Å². The van der Waals surface area contributed by atoms with Gasteiger partial charge in [-0.2, -0.15) is 0 Å². The zero-order chi connectivity index (χ0) is 11.8. The Kier molecular flexibility index (Phi) is 7.34. The smallest absolute Gasteiger partial charge is 0.320 e. The van der Waals surface area contributed by atoms with Crippen molar-refractivity contribution in [1.82, 2.24) is 10.2 Å². The highest BCUT2D eigenvalue weighted by Crippen LogP contribution is 2.01. The molecule has 0 rings (SSSR count). The lowest BCUT2D eigenvalue weighted by molar-refractivity contribution is -0.139. The number of nitrogens with one attached hydrogen (secondary N) is 1. The molecule has 0 aliphatic heterocycles. The maximum absolute atomic E-state index is 10.9. The highest BCUT2D eigenvalue weighted by atomic mass is 16.4. The maximum atomic E-state index is 10.9. The molecular formula is C11H24N2O2. The van der Waals surface area contributed by atoms with Gasteiger partial charge in [-0.15, -0.1) is 0 Å². The van der Waals surface area contributed by atoms with Gasteiger partial charge in [-0.3, -0.25) is 4.79 Å². The molecule has 0 saturated heterocycles. The standard InChI is InChI=1S/C11H24N2O2/c1-5-6-10(11(14)15)12-9(2)7-8-13(3)4/h9-10,12H,5-8H2,1-4H3,(H,14,15). The van der Waals surface area contributed by atoms with E-state index >= 15 is 0 Å². The third kappa shape index (κ3) is 7.33. The minimum absolute atomic E-state index is 0.250. The van der Waals surface area contributed by atoms with Crippen LogP contribution in [-0.4, -0.2) is 48.7 Å². The van der Waals surface area contributed by atoms with Gasteiger partial charge < -0.3 is 15.3 Å². The summed E-state index contributed by atoms with van der Waals surface area (Å²) in [6.07, 6.45) is 2.56. The molecule has 0 spiro atoms. The lowest BCUT2D eigenvalue weighted by Gasteiger charge is -2.21. The number of rotatable bonds is 8. The van der Waals surface area contributed by atoms with Crippen LogP contribution in [0.2, 0.25) is 0 Å². The van der Waals surface area contributed by atoms with Gasteiger partial charge in [0.15, 0.2) is 0 Å². The Hall–Kier alpha value is -0.610. The van der Waals surface area contributed by atoms with E-state index in [1.54, 1.807) is 0 Å². The summed E-state index contributed by atoms with van der Waals surface area (Å²) in [5.74, 6) is -0.742. The van der Waals surface area contributed by atoms with Gasteiger partial charge in [-0.25, -0.2) is 0 Å². The van der Waals surface area contributed by atoms with Gasteiger partial charge in [-0.05, 0) is 40.4 Å². The first-order chi connectivity index (χ1) is 6.97. The number of carboxylic acids is 1. The number of hydrogen-bond donors (Lipinski definition) is 2. The number of carboxylic acid groups (broad SMARTS) is 1. The van der Waals surface area contributed by atoms with E-state index in [0.717, 1.165) is 19.4 Å². The van der Waals surface area contributed by atoms with Crippen molar-refractivity contribution in [2.75, 3.05) is 20.6 Å². The predicted molar refractivity (Wildman–Crippen MR) is 62.1 cm³/mol. The first kappa shape index (κ1) is 14.4. The summed E-state index contributed by atoms with van der Waals surface area (Å²) < 4.78 is 0. The number of hydrogen-bond acceptors (Lipinski definition) is 3. The third-order valence-corrected chi connectivity index (χ3v) is 2.37. The van der Waals surface area contributed by atoms with E-state index in [4.69, 9.17) is 5.11 Å². The third-order valence-electron chi connectivity index (χ3n) is 2.37. The molecule has 2 unspecified atom stereocenters. The Morgan fingerprint density at radius 3 is 2.40 bits per heavy atom. The van der Waals surface area contributed by atoms with E-state index in [1.165, 1.54) is 0 Å². The number of aliphatic carboxylic acids is 1. The van der Waals surface area contributed by atoms with Crippen LogP contribution < -0.4 is 5.32 Å². The molecule has 0 aliphatic rings. The quantitative estimate of drug-likeness (QED) is 0.639. The maximum Gasteiger partial charge on any atom is 0.320 e. The molecule has 0 fully saturated rings. The van der Waals surface area contributed by atoms with Crippen LogP contribution in [0.15, 0.2) is 0 Å². The van der Waals surface area contributed by atoms with Crippen molar-refractivity contribution >= 4 is 5.97 Å². The van der Waals surface area contributed by atoms with Gasteiger partial charge in [0.1, 0.15) is 6.04 Å². The zero-order valence-corrected chi connectivity index (χ0v) is 10.3. The van der Waals surface area contributed by atoms with Crippen molar-refractivity contribution in [3.8, 4) is 0 Å². The second-order valence-electron chi connectivity index (χ2n) is 4.34. The first-order valence-corrected chi connectivity index (χ1v) is 5.61. The van der Waals surface area contributed by atoms with Crippen LogP contribution in [0.5, 0.6) is 0 Å². The minimum atomic E-state index is -0.742. The molecule has 0 aromatic heterocycles. The Bertz CT molecular complexity index is 183. The number of nitrogens with zero attached hydrogens (tertiary/aromatic N) is 1. The van der Waals surface area contributed by atoms with Crippen molar-refractivity contribution in [3.05, 3.63) is 0 Å². The van der Waals surface area contributed by atoms with Crippen molar-refractivity contribution in [2.24, 2.45) is 0 Å². The second kappa shape index (κ2) is 7.65. The molecule has 15 heavy (non-hydrogen) atoms. The molecule has 4 heteroatoms. The molecule has 0 amide bonds. The average Bonchev–Trinajstić information content (AvgIpc) is 2.14. The van der Waals surface area contributed by atoms with E-state index in [-0.39, 0.29) is 6.04 Å². The van der Waals surface area contributed by atoms with Gasteiger partial charge in [0.2, 0.25) is 0 Å². The van der Waals surface area contributed by atoms with Gasteiger partial charge in [0.05, 0.1) is 0 Å². The van der Waals surface area contributed by atoms with Gasteiger partial charge in [-0.1, -0.05) is 13.3 Å². The largest absolute Gasteiger partial charge is 0.480 e. The lowest BCUT2D eigenvalue weighted by Crippen LogP contribution is -2.42. The predicted octanol–water partition coefficient (Wildman–Crippen LogP) is 1.17. The van der Waals surface area contributed by atoms with Crippen LogP contribution >= 0.6 is 0 Å². The highest BCUT2D eigenvalue weighted by molar-refractivity contribution is 5.73. The molecule has 0 saturated carbocycles. The number of carbonyl (C=O) groups is 1. The normalized spacial score (nSPS) is 15.3. The molecule has 0 aromatic rings. The van der Waals surface area contributed by atoms with E-state index in [1.807, 2.05) is 27.9 Å². The fraction of sp³-hybridized carbons (Fsp3) is 0.909. The summed E-state index contributed by atoms with van der Waals surface area (Å²) in [5.41, 5.74) is 0. The Morgan fingerprint density at radius 1 is 1.40 bits per heavy atom. The van der Waals surface area contributed by atoms with Crippen LogP contribution in [0.3, 0.4) is 0 Å². The Morgan fingerprint density at radius 2 is 2.00 bits per heavy atom. The molecule has 0 bridgehead atoms. The van der Waals surface area contributed by atoms with Crippen molar-refractivity contribution < 1.29 is 9.90 Å². The van der Waals surface area contributed by atoms with Crippen molar-refractivity contribution in [3.63, 3.8) is 0 Å². The first-order valence-electron chi connectivity index (χ1n) is 5.61. The van der Waals surface area contributed by atoms with E-state index in [2.05, 4.69) is 10.2 Å². The highest BCUT2D eigenvalue weighted by Gasteiger charge is 2.17. The van der Waals surface area contributed by atoms with Gasteiger partial charge in [0.25, 0.3) is 0 Å². The van der Waals surface area contributed by atoms with Crippen molar-refractivity contribution in [2.45, 2.75) is 45.2 Å². The average molecular weight is 216 g/mol. The van der Waals surface area contributed by atoms with Crippen LogP contribution in [0.1, 0.15) is 33.1 Å². The lowest BCUT2D eigenvalue weighted by atomic mass is 10.1. The molecule has 0 aromatic carbocycles. The van der Waals surface area contributed by atoms with Crippen LogP contribution in [0, 0.1) is 0 Å². The van der Waals surface area contributed by atoms with E-state index in [9.17, 15) is 4.79 Å². The fourth-order valence-corrected chi connectivity index (χ4v) is 1.45. The molecule has 0 radical (unpaired) electrons. The molecule has 0 aliphatic carbocycles. The van der Waals surface area contributed by atoms with Gasteiger partial charge in [0, 0.05) is 6.04 Å². The van der Waals surface area contributed by atoms with Crippen LogP contribution in [0.4, 0.5) is 0 Å². The summed E-state index contributed by atoms with van der Waals surface area (Å²) >= 11 is 0. The monoisotopic (exact) mass is 216 g/mol. The molecule has 4 nitrogen and oxygen atoms in total. The van der Waals surface area contributed by atoms with Crippen molar-refractivity contribution in [1.29, 1.82) is 0 Å². The molecule has 0 heterocycles. The topological polar surface area (TPSA) is 52.6 Å². The molecular weight excluding hydrogens is 192 g/mol.